The summed E-state index contributed by atoms with van der Waals surface area (Å²) in [5.74, 6) is -0.936. The molecule has 2 unspecified atom stereocenters. The van der Waals surface area contributed by atoms with Crippen LogP contribution in [-0.2, 0) is 4.79 Å². The lowest BCUT2D eigenvalue weighted by molar-refractivity contribution is -0.144. The van der Waals surface area contributed by atoms with Gasteiger partial charge in [-0.15, -0.1) is 0 Å². The van der Waals surface area contributed by atoms with Crippen molar-refractivity contribution in [3.05, 3.63) is 23.1 Å². The quantitative estimate of drug-likeness (QED) is 0.927. The highest BCUT2D eigenvalue weighted by Gasteiger charge is 2.36. The van der Waals surface area contributed by atoms with Gasteiger partial charge in [-0.2, -0.15) is 0 Å². The molecule has 1 aliphatic heterocycles. The number of carboxylic acids is 1. The summed E-state index contributed by atoms with van der Waals surface area (Å²) in [6.07, 6.45) is 2.24. The van der Waals surface area contributed by atoms with E-state index >= 15 is 0 Å². The number of piperidine rings is 1. The Morgan fingerprint density at radius 1 is 1.53 bits per heavy atom. The van der Waals surface area contributed by atoms with E-state index in [1.807, 2.05) is 6.92 Å². The first-order chi connectivity index (χ1) is 9.02. The van der Waals surface area contributed by atoms with Gasteiger partial charge in [0.2, 0.25) is 0 Å². The molecule has 1 fully saturated rings. The van der Waals surface area contributed by atoms with Crippen molar-refractivity contribution >= 4 is 23.5 Å². The zero-order valence-electron chi connectivity index (χ0n) is 10.6. The molecule has 1 saturated heterocycles. The average Bonchev–Trinajstić information content (AvgIpc) is 2.83. The van der Waals surface area contributed by atoms with E-state index in [4.69, 9.17) is 16.0 Å². The zero-order valence-corrected chi connectivity index (χ0v) is 11.4. The van der Waals surface area contributed by atoms with Gasteiger partial charge in [-0.1, -0.05) is 13.3 Å². The fourth-order valence-corrected chi connectivity index (χ4v) is 2.60. The van der Waals surface area contributed by atoms with Crippen LogP contribution < -0.4 is 0 Å². The lowest BCUT2D eigenvalue weighted by Gasteiger charge is -2.36. The third kappa shape index (κ3) is 2.92. The van der Waals surface area contributed by atoms with Gasteiger partial charge in [0.25, 0.3) is 5.91 Å². The molecule has 1 N–H and O–H groups in total. The van der Waals surface area contributed by atoms with Crippen LogP contribution in [0.5, 0.6) is 0 Å². The molecule has 1 aromatic heterocycles. The molecule has 2 atom stereocenters. The van der Waals surface area contributed by atoms with Gasteiger partial charge in [0.15, 0.2) is 11.0 Å². The fourth-order valence-electron chi connectivity index (χ4n) is 2.46. The molecule has 0 bridgehead atoms. The smallest absolute Gasteiger partial charge is 0.326 e. The van der Waals surface area contributed by atoms with E-state index in [-0.39, 0.29) is 11.0 Å². The molecule has 2 rings (SSSR count). The van der Waals surface area contributed by atoms with Gasteiger partial charge in [0.1, 0.15) is 6.04 Å². The molecule has 1 aromatic rings. The molecule has 1 aliphatic rings. The summed E-state index contributed by atoms with van der Waals surface area (Å²) in [6.45, 7) is 2.47. The Kier molecular flexibility index (Phi) is 4.14. The van der Waals surface area contributed by atoms with Crippen LogP contribution in [0.25, 0.3) is 0 Å². The van der Waals surface area contributed by atoms with Gasteiger partial charge >= 0.3 is 5.97 Å². The number of carboxylic acid groups (broad SMARTS) is 1. The van der Waals surface area contributed by atoms with Gasteiger partial charge in [0, 0.05) is 6.54 Å². The Bertz CT molecular complexity index is 485. The first kappa shape index (κ1) is 13.9. The first-order valence-corrected chi connectivity index (χ1v) is 6.69. The van der Waals surface area contributed by atoms with Crippen LogP contribution >= 0.6 is 11.6 Å². The summed E-state index contributed by atoms with van der Waals surface area (Å²) in [6, 6.07) is 2.16. The number of nitrogens with zero attached hydrogens (tertiary/aromatic N) is 1. The normalized spacial score (nSPS) is 23.4. The van der Waals surface area contributed by atoms with Crippen molar-refractivity contribution < 1.29 is 19.1 Å². The van der Waals surface area contributed by atoms with Crippen molar-refractivity contribution in [3.63, 3.8) is 0 Å². The van der Waals surface area contributed by atoms with Gasteiger partial charge in [-0.3, -0.25) is 4.79 Å². The summed E-state index contributed by atoms with van der Waals surface area (Å²) >= 11 is 5.63. The van der Waals surface area contributed by atoms with Crippen molar-refractivity contribution in [2.75, 3.05) is 6.54 Å². The molecule has 0 radical (unpaired) electrons. The predicted octanol–water partition coefficient (Wildman–Crippen LogP) is 2.65. The van der Waals surface area contributed by atoms with Crippen LogP contribution in [0.3, 0.4) is 0 Å². The van der Waals surface area contributed by atoms with Crippen LogP contribution in [0, 0.1) is 5.92 Å². The van der Waals surface area contributed by atoms with Crippen molar-refractivity contribution in [2.45, 2.75) is 32.2 Å². The van der Waals surface area contributed by atoms with Crippen LogP contribution in [-0.4, -0.2) is 34.5 Å². The van der Waals surface area contributed by atoms with Crippen molar-refractivity contribution in [2.24, 2.45) is 5.92 Å². The van der Waals surface area contributed by atoms with E-state index in [0.717, 1.165) is 12.8 Å². The fraction of sp³-hybridized carbons (Fsp3) is 0.538. The second-order valence-electron chi connectivity index (χ2n) is 4.75. The van der Waals surface area contributed by atoms with E-state index < -0.39 is 17.9 Å². The second kappa shape index (κ2) is 5.65. The van der Waals surface area contributed by atoms with Crippen molar-refractivity contribution in [3.8, 4) is 0 Å². The minimum absolute atomic E-state index is 0.0891. The minimum atomic E-state index is -0.968. The minimum Gasteiger partial charge on any atom is -0.480 e. The van der Waals surface area contributed by atoms with Crippen LogP contribution in [0.2, 0.25) is 5.22 Å². The molecular weight excluding hydrogens is 270 g/mol. The molecule has 1 amide bonds. The van der Waals surface area contributed by atoms with Crippen molar-refractivity contribution in [1.82, 2.24) is 4.90 Å². The van der Waals surface area contributed by atoms with E-state index in [2.05, 4.69) is 0 Å². The third-order valence-corrected chi connectivity index (χ3v) is 3.82. The summed E-state index contributed by atoms with van der Waals surface area (Å²) < 4.78 is 5.06. The maximum absolute atomic E-state index is 12.2. The molecule has 5 nitrogen and oxygen atoms in total. The van der Waals surface area contributed by atoms with Crippen LogP contribution in [0.1, 0.15) is 36.7 Å². The number of hydrogen-bond acceptors (Lipinski definition) is 3. The number of rotatable bonds is 3. The molecule has 19 heavy (non-hydrogen) atoms. The summed E-state index contributed by atoms with van der Waals surface area (Å²) in [5.41, 5.74) is 0. The lowest BCUT2D eigenvalue weighted by atomic mass is 9.88. The highest BCUT2D eigenvalue weighted by molar-refractivity contribution is 6.29. The number of carbonyl (C=O) groups excluding carboxylic acids is 1. The van der Waals surface area contributed by atoms with Crippen LogP contribution in [0.4, 0.5) is 0 Å². The van der Waals surface area contributed by atoms with Crippen molar-refractivity contribution in [1.29, 1.82) is 0 Å². The molecule has 0 aromatic carbocycles. The first-order valence-electron chi connectivity index (χ1n) is 6.32. The Morgan fingerprint density at radius 2 is 2.26 bits per heavy atom. The molecule has 0 aliphatic carbocycles. The third-order valence-electron chi connectivity index (χ3n) is 3.62. The molecule has 104 valence electrons. The summed E-state index contributed by atoms with van der Waals surface area (Å²) in [4.78, 5) is 24.9. The standard InChI is InChI=1S/C13H16ClNO4/c1-2-8-5-6-15(9(7-8)13(17)18)12(16)10-3-4-11(14)19-10/h3-4,8-9H,2,5-7H2,1H3,(H,17,18). The lowest BCUT2D eigenvalue weighted by Crippen LogP contribution is -2.50. The van der Waals surface area contributed by atoms with Crippen LogP contribution in [0.15, 0.2) is 16.5 Å². The Labute approximate surface area is 116 Å². The number of halogens is 1. The van der Waals surface area contributed by atoms with Gasteiger partial charge in [0.05, 0.1) is 0 Å². The molecular formula is C13H16ClNO4. The second-order valence-corrected chi connectivity index (χ2v) is 5.13. The zero-order chi connectivity index (χ0) is 14.0. The number of hydrogen-bond donors (Lipinski definition) is 1. The van der Waals surface area contributed by atoms with Gasteiger partial charge in [-0.05, 0) is 42.5 Å². The maximum atomic E-state index is 12.2. The van der Waals surface area contributed by atoms with E-state index in [0.29, 0.717) is 18.9 Å². The Hall–Kier alpha value is -1.49. The Morgan fingerprint density at radius 3 is 2.79 bits per heavy atom. The topological polar surface area (TPSA) is 70.8 Å². The highest BCUT2D eigenvalue weighted by atomic mass is 35.5. The molecule has 0 spiro atoms. The van der Waals surface area contributed by atoms with Gasteiger partial charge < -0.3 is 14.4 Å². The number of carbonyl (C=O) groups is 2. The predicted molar refractivity (Wildman–Crippen MR) is 69.2 cm³/mol. The highest BCUT2D eigenvalue weighted by Crippen LogP contribution is 2.27. The maximum Gasteiger partial charge on any atom is 0.326 e. The molecule has 6 heteroatoms. The number of aliphatic carboxylic acids is 1. The number of amides is 1. The SMILES string of the molecule is CCC1CCN(C(=O)c2ccc(Cl)o2)C(C(=O)O)C1. The van der Waals surface area contributed by atoms with Gasteiger partial charge in [-0.25, -0.2) is 4.79 Å². The monoisotopic (exact) mass is 285 g/mol. The summed E-state index contributed by atoms with van der Waals surface area (Å²) in [7, 11) is 0. The Balaban J connectivity index is 2.17. The average molecular weight is 286 g/mol. The number of likely N-dealkylation sites (tertiary alicyclic amines) is 1. The number of furan rings is 1. The molecule has 0 saturated carbocycles. The van der Waals surface area contributed by atoms with E-state index in [1.165, 1.54) is 17.0 Å². The summed E-state index contributed by atoms with van der Waals surface area (Å²) in [5, 5.41) is 9.40. The van der Waals surface area contributed by atoms with E-state index in [9.17, 15) is 14.7 Å². The largest absolute Gasteiger partial charge is 0.480 e. The molecule has 2 heterocycles. The van der Waals surface area contributed by atoms with E-state index in [1.54, 1.807) is 0 Å².